The first-order valence-electron chi connectivity index (χ1n) is 6.30. The molecule has 0 spiro atoms. The second-order valence-electron chi connectivity index (χ2n) is 4.76. The molecule has 2 aromatic rings. The van der Waals surface area contributed by atoms with Crippen LogP contribution in [0.3, 0.4) is 0 Å². The molecule has 2 rings (SSSR count). The summed E-state index contributed by atoms with van der Waals surface area (Å²) in [4.78, 5) is 0. The van der Waals surface area contributed by atoms with E-state index in [0.29, 0.717) is 5.56 Å². The van der Waals surface area contributed by atoms with Crippen molar-refractivity contribution < 1.29 is 9.50 Å². The summed E-state index contributed by atoms with van der Waals surface area (Å²) in [5.41, 5.74) is 3.56. The summed E-state index contributed by atoms with van der Waals surface area (Å²) in [6.45, 7) is 3.69. The number of hydrogen-bond acceptors (Lipinski definition) is 2. The van der Waals surface area contributed by atoms with E-state index in [1.54, 1.807) is 19.1 Å². The molecule has 19 heavy (non-hydrogen) atoms. The molecular formula is C16H18FNO. The molecule has 0 aromatic heterocycles. The SMILES string of the molecule is Cc1cccc(NC(CO)c2ccc(F)c(C)c2)c1. The second kappa shape index (κ2) is 5.85. The summed E-state index contributed by atoms with van der Waals surface area (Å²) >= 11 is 0. The van der Waals surface area contributed by atoms with Gasteiger partial charge in [0.2, 0.25) is 0 Å². The third-order valence-corrected chi connectivity index (χ3v) is 3.13. The molecule has 0 amide bonds. The van der Waals surface area contributed by atoms with Gasteiger partial charge in [-0.1, -0.05) is 24.3 Å². The van der Waals surface area contributed by atoms with Crippen LogP contribution in [0, 0.1) is 19.7 Å². The summed E-state index contributed by atoms with van der Waals surface area (Å²) in [6.07, 6.45) is 0. The van der Waals surface area contributed by atoms with Crippen molar-refractivity contribution in [2.24, 2.45) is 0 Å². The minimum Gasteiger partial charge on any atom is -0.394 e. The molecule has 0 bridgehead atoms. The van der Waals surface area contributed by atoms with Gasteiger partial charge in [0.1, 0.15) is 5.82 Å². The van der Waals surface area contributed by atoms with E-state index in [-0.39, 0.29) is 18.5 Å². The van der Waals surface area contributed by atoms with Gasteiger partial charge < -0.3 is 10.4 Å². The van der Waals surface area contributed by atoms with Crippen LogP contribution in [0.25, 0.3) is 0 Å². The van der Waals surface area contributed by atoms with Gasteiger partial charge in [-0.2, -0.15) is 0 Å². The lowest BCUT2D eigenvalue weighted by Crippen LogP contribution is -2.15. The lowest BCUT2D eigenvalue weighted by Gasteiger charge is -2.19. The summed E-state index contributed by atoms with van der Waals surface area (Å²) in [5.74, 6) is -0.226. The van der Waals surface area contributed by atoms with E-state index in [1.807, 2.05) is 31.2 Å². The molecule has 0 aliphatic heterocycles. The Hall–Kier alpha value is -1.87. The highest BCUT2D eigenvalue weighted by atomic mass is 19.1. The largest absolute Gasteiger partial charge is 0.394 e. The Labute approximate surface area is 112 Å². The Morgan fingerprint density at radius 2 is 1.95 bits per heavy atom. The number of aryl methyl sites for hydroxylation is 2. The lowest BCUT2D eigenvalue weighted by atomic mass is 10.0. The highest BCUT2D eigenvalue weighted by molar-refractivity contribution is 5.47. The number of hydrogen-bond donors (Lipinski definition) is 2. The Bertz CT molecular complexity index is 568. The maximum atomic E-state index is 13.3. The minimum absolute atomic E-state index is 0.0426. The Morgan fingerprint density at radius 3 is 2.58 bits per heavy atom. The van der Waals surface area contributed by atoms with Crippen LogP contribution in [0.4, 0.5) is 10.1 Å². The molecule has 1 atom stereocenters. The molecule has 3 heteroatoms. The van der Waals surface area contributed by atoms with Crippen LogP contribution in [0.2, 0.25) is 0 Å². The van der Waals surface area contributed by atoms with E-state index in [0.717, 1.165) is 16.8 Å². The fourth-order valence-corrected chi connectivity index (χ4v) is 2.06. The van der Waals surface area contributed by atoms with Crippen LogP contribution < -0.4 is 5.32 Å². The quantitative estimate of drug-likeness (QED) is 0.879. The zero-order chi connectivity index (χ0) is 13.8. The summed E-state index contributed by atoms with van der Waals surface area (Å²) in [6, 6.07) is 12.6. The maximum Gasteiger partial charge on any atom is 0.126 e. The van der Waals surface area contributed by atoms with Gasteiger partial charge in [0, 0.05) is 5.69 Å². The number of aliphatic hydroxyl groups excluding tert-OH is 1. The van der Waals surface area contributed by atoms with E-state index in [2.05, 4.69) is 5.32 Å². The van der Waals surface area contributed by atoms with Crippen molar-refractivity contribution >= 4 is 5.69 Å². The van der Waals surface area contributed by atoms with Crippen LogP contribution in [-0.2, 0) is 0 Å². The van der Waals surface area contributed by atoms with Crippen LogP contribution in [0.15, 0.2) is 42.5 Å². The van der Waals surface area contributed by atoms with Crippen molar-refractivity contribution in [2.75, 3.05) is 11.9 Å². The average Bonchev–Trinajstić information content (AvgIpc) is 2.39. The molecule has 100 valence electrons. The molecule has 2 aromatic carbocycles. The van der Waals surface area contributed by atoms with Crippen LogP contribution in [0.1, 0.15) is 22.7 Å². The highest BCUT2D eigenvalue weighted by Crippen LogP contribution is 2.21. The topological polar surface area (TPSA) is 32.3 Å². The standard InChI is InChI=1S/C16H18FNO/c1-11-4-3-5-14(8-11)18-16(10-19)13-6-7-15(17)12(2)9-13/h3-9,16,18-19H,10H2,1-2H3. The molecule has 0 heterocycles. The fourth-order valence-electron chi connectivity index (χ4n) is 2.06. The van der Waals surface area contributed by atoms with Gasteiger partial charge in [0.25, 0.3) is 0 Å². The van der Waals surface area contributed by atoms with E-state index < -0.39 is 0 Å². The van der Waals surface area contributed by atoms with Gasteiger partial charge in [-0.25, -0.2) is 4.39 Å². The van der Waals surface area contributed by atoms with Crippen LogP contribution >= 0.6 is 0 Å². The highest BCUT2D eigenvalue weighted by Gasteiger charge is 2.11. The molecule has 0 fully saturated rings. The molecule has 2 nitrogen and oxygen atoms in total. The Balaban J connectivity index is 2.22. The maximum absolute atomic E-state index is 13.3. The Morgan fingerprint density at radius 1 is 1.16 bits per heavy atom. The smallest absolute Gasteiger partial charge is 0.126 e. The number of rotatable bonds is 4. The number of nitrogens with one attached hydrogen (secondary N) is 1. The third-order valence-electron chi connectivity index (χ3n) is 3.13. The first-order chi connectivity index (χ1) is 9.10. The van der Waals surface area contributed by atoms with Crippen molar-refractivity contribution in [2.45, 2.75) is 19.9 Å². The molecule has 0 aliphatic rings. The minimum atomic E-state index is -0.235. The molecule has 0 saturated carbocycles. The second-order valence-corrected chi connectivity index (χ2v) is 4.76. The third kappa shape index (κ3) is 3.32. The van der Waals surface area contributed by atoms with Gasteiger partial charge in [-0.15, -0.1) is 0 Å². The van der Waals surface area contributed by atoms with Crippen molar-refractivity contribution in [3.8, 4) is 0 Å². The number of aliphatic hydroxyl groups is 1. The van der Waals surface area contributed by atoms with Gasteiger partial charge in [0.15, 0.2) is 0 Å². The zero-order valence-electron chi connectivity index (χ0n) is 11.2. The summed E-state index contributed by atoms with van der Waals surface area (Å²) in [5, 5.41) is 12.8. The molecule has 0 radical (unpaired) electrons. The number of halogens is 1. The number of benzene rings is 2. The molecule has 1 unspecified atom stereocenters. The summed E-state index contributed by atoms with van der Waals surface area (Å²) in [7, 11) is 0. The normalized spacial score (nSPS) is 12.2. The summed E-state index contributed by atoms with van der Waals surface area (Å²) < 4.78 is 13.3. The van der Waals surface area contributed by atoms with Crippen LogP contribution in [0.5, 0.6) is 0 Å². The predicted octanol–water partition coefficient (Wildman–Crippen LogP) is 3.59. The fraction of sp³-hybridized carbons (Fsp3) is 0.250. The first kappa shape index (κ1) is 13.6. The van der Waals surface area contributed by atoms with Crippen molar-refractivity contribution in [3.05, 3.63) is 65.0 Å². The van der Waals surface area contributed by atoms with E-state index >= 15 is 0 Å². The van der Waals surface area contributed by atoms with Gasteiger partial charge in [-0.05, 0) is 48.7 Å². The van der Waals surface area contributed by atoms with Gasteiger partial charge in [0.05, 0.1) is 12.6 Å². The molecule has 0 saturated heterocycles. The molecule has 2 N–H and O–H groups in total. The lowest BCUT2D eigenvalue weighted by molar-refractivity contribution is 0.276. The van der Waals surface area contributed by atoms with E-state index in [9.17, 15) is 9.50 Å². The molecule has 0 aliphatic carbocycles. The van der Waals surface area contributed by atoms with Crippen molar-refractivity contribution in [1.29, 1.82) is 0 Å². The van der Waals surface area contributed by atoms with E-state index in [4.69, 9.17) is 0 Å². The zero-order valence-corrected chi connectivity index (χ0v) is 11.2. The average molecular weight is 259 g/mol. The predicted molar refractivity (Wildman–Crippen MR) is 75.8 cm³/mol. The van der Waals surface area contributed by atoms with Crippen LogP contribution in [-0.4, -0.2) is 11.7 Å². The van der Waals surface area contributed by atoms with Gasteiger partial charge in [-0.3, -0.25) is 0 Å². The van der Waals surface area contributed by atoms with E-state index in [1.165, 1.54) is 6.07 Å². The Kier molecular flexibility index (Phi) is 4.17. The monoisotopic (exact) mass is 259 g/mol. The van der Waals surface area contributed by atoms with Crippen molar-refractivity contribution in [1.82, 2.24) is 0 Å². The van der Waals surface area contributed by atoms with Gasteiger partial charge >= 0.3 is 0 Å². The van der Waals surface area contributed by atoms with Crippen molar-refractivity contribution in [3.63, 3.8) is 0 Å². The first-order valence-corrected chi connectivity index (χ1v) is 6.30. The molecular weight excluding hydrogens is 241 g/mol. The number of anilines is 1.